The van der Waals surface area contributed by atoms with Crippen LogP contribution in [-0.2, 0) is 0 Å². The van der Waals surface area contributed by atoms with Crippen LogP contribution in [-0.4, -0.2) is 24.1 Å². The molecule has 0 aromatic carbocycles. The molecule has 16 heavy (non-hydrogen) atoms. The van der Waals surface area contributed by atoms with Crippen molar-refractivity contribution in [3.8, 4) is 5.75 Å². The fraction of sp³-hybridized carbons (Fsp3) is 0.273. The van der Waals surface area contributed by atoms with Gasteiger partial charge in [-0.25, -0.2) is 9.97 Å². The van der Waals surface area contributed by atoms with Crippen LogP contribution in [0.2, 0.25) is 0 Å². The molecule has 0 fully saturated rings. The highest BCUT2D eigenvalue weighted by Gasteiger charge is 2.14. The van der Waals surface area contributed by atoms with Crippen molar-refractivity contribution in [2.45, 2.75) is 6.04 Å². The van der Waals surface area contributed by atoms with Gasteiger partial charge in [-0.3, -0.25) is 0 Å². The van der Waals surface area contributed by atoms with E-state index in [4.69, 9.17) is 4.74 Å². The third-order valence-corrected chi connectivity index (χ3v) is 3.29. The van der Waals surface area contributed by atoms with Gasteiger partial charge < -0.3 is 10.1 Å². The maximum absolute atomic E-state index is 5.18. The van der Waals surface area contributed by atoms with E-state index in [1.807, 2.05) is 30.9 Å². The fourth-order valence-corrected chi connectivity index (χ4v) is 2.52. The predicted molar refractivity (Wildman–Crippen MR) is 63.8 cm³/mol. The number of hydrogen-bond acceptors (Lipinski definition) is 5. The Hall–Kier alpha value is -1.46. The monoisotopic (exact) mass is 235 g/mol. The van der Waals surface area contributed by atoms with E-state index < -0.39 is 0 Å². The van der Waals surface area contributed by atoms with Gasteiger partial charge in [0.25, 0.3) is 0 Å². The van der Waals surface area contributed by atoms with Gasteiger partial charge in [-0.05, 0) is 13.1 Å². The number of thiophene rings is 1. The summed E-state index contributed by atoms with van der Waals surface area (Å²) in [6.07, 6.45) is 5.17. The first kappa shape index (κ1) is 11.0. The summed E-state index contributed by atoms with van der Waals surface area (Å²) in [5.41, 5.74) is 1.05. The Labute approximate surface area is 98.3 Å². The summed E-state index contributed by atoms with van der Waals surface area (Å²) in [6, 6.07) is 2.15. The molecule has 84 valence electrons. The van der Waals surface area contributed by atoms with Crippen molar-refractivity contribution in [3.63, 3.8) is 0 Å². The first-order chi connectivity index (χ1) is 7.85. The van der Waals surface area contributed by atoms with E-state index in [1.165, 1.54) is 11.2 Å². The third-order valence-electron chi connectivity index (χ3n) is 2.32. The second-order valence-electron chi connectivity index (χ2n) is 3.28. The number of methoxy groups -OCH3 is 1. The number of hydrogen-bond donors (Lipinski definition) is 1. The van der Waals surface area contributed by atoms with Crippen molar-refractivity contribution in [2.75, 3.05) is 14.2 Å². The molecule has 0 aliphatic rings. The molecule has 0 aliphatic heterocycles. The van der Waals surface area contributed by atoms with Gasteiger partial charge in [0.2, 0.25) is 0 Å². The van der Waals surface area contributed by atoms with Crippen LogP contribution >= 0.6 is 11.3 Å². The van der Waals surface area contributed by atoms with Gasteiger partial charge in [0.05, 0.1) is 13.2 Å². The first-order valence-electron chi connectivity index (χ1n) is 4.89. The standard InChI is InChI=1S/C11H13N3OS/c1-12-11(8-4-13-7-14-5-8)10-3-9(15-2)6-16-10/h3-7,11-12H,1-2H3. The molecule has 1 N–H and O–H groups in total. The minimum Gasteiger partial charge on any atom is -0.496 e. The minimum atomic E-state index is 0.120. The molecule has 5 heteroatoms. The number of ether oxygens (including phenoxy) is 1. The van der Waals surface area contributed by atoms with Crippen LogP contribution < -0.4 is 10.1 Å². The molecule has 1 unspecified atom stereocenters. The van der Waals surface area contributed by atoms with Gasteiger partial charge in [-0.2, -0.15) is 0 Å². The van der Waals surface area contributed by atoms with Gasteiger partial charge in [0.1, 0.15) is 12.1 Å². The second kappa shape index (κ2) is 5.05. The van der Waals surface area contributed by atoms with Crippen molar-refractivity contribution in [1.29, 1.82) is 0 Å². The van der Waals surface area contributed by atoms with E-state index in [0.717, 1.165) is 11.3 Å². The van der Waals surface area contributed by atoms with E-state index in [2.05, 4.69) is 15.3 Å². The summed E-state index contributed by atoms with van der Waals surface area (Å²) in [5, 5.41) is 5.24. The minimum absolute atomic E-state index is 0.120. The maximum atomic E-state index is 5.18. The van der Waals surface area contributed by atoms with Crippen LogP contribution in [0.3, 0.4) is 0 Å². The summed E-state index contributed by atoms with van der Waals surface area (Å²) in [5.74, 6) is 0.886. The van der Waals surface area contributed by atoms with Crippen LogP contribution in [0.4, 0.5) is 0 Å². The maximum Gasteiger partial charge on any atom is 0.129 e. The highest BCUT2D eigenvalue weighted by molar-refractivity contribution is 7.10. The van der Waals surface area contributed by atoms with Crippen LogP contribution in [0.25, 0.3) is 0 Å². The lowest BCUT2D eigenvalue weighted by Gasteiger charge is -2.13. The highest BCUT2D eigenvalue weighted by Crippen LogP contribution is 2.30. The van der Waals surface area contributed by atoms with E-state index in [0.29, 0.717) is 0 Å². The first-order valence-corrected chi connectivity index (χ1v) is 5.77. The number of nitrogens with one attached hydrogen (secondary N) is 1. The Kier molecular flexibility index (Phi) is 3.48. The van der Waals surface area contributed by atoms with Gasteiger partial charge in [-0.1, -0.05) is 0 Å². The van der Waals surface area contributed by atoms with Crippen LogP contribution in [0.1, 0.15) is 16.5 Å². The summed E-state index contributed by atoms with van der Waals surface area (Å²) in [6.45, 7) is 0. The van der Waals surface area contributed by atoms with Crippen molar-refractivity contribution < 1.29 is 4.74 Å². The van der Waals surface area contributed by atoms with Crippen LogP contribution in [0, 0.1) is 0 Å². The number of rotatable bonds is 4. The largest absolute Gasteiger partial charge is 0.496 e. The Morgan fingerprint density at radius 3 is 2.69 bits per heavy atom. The van der Waals surface area contributed by atoms with Gasteiger partial charge >= 0.3 is 0 Å². The number of nitrogens with zero attached hydrogens (tertiary/aromatic N) is 2. The van der Waals surface area contributed by atoms with Crippen molar-refractivity contribution in [1.82, 2.24) is 15.3 Å². The van der Waals surface area contributed by atoms with Gasteiger partial charge in [0.15, 0.2) is 0 Å². The normalized spacial score (nSPS) is 12.4. The fourth-order valence-electron chi connectivity index (χ4n) is 1.53. The SMILES string of the molecule is CNC(c1cncnc1)c1cc(OC)cs1. The van der Waals surface area contributed by atoms with Gasteiger partial charge in [0, 0.05) is 28.2 Å². The molecule has 0 saturated carbocycles. The molecule has 2 heterocycles. The van der Waals surface area contributed by atoms with Crippen molar-refractivity contribution >= 4 is 11.3 Å². The van der Waals surface area contributed by atoms with E-state index in [-0.39, 0.29) is 6.04 Å². The summed E-state index contributed by atoms with van der Waals surface area (Å²) in [4.78, 5) is 9.25. The quantitative estimate of drug-likeness (QED) is 0.878. The Balaban J connectivity index is 2.29. The lowest BCUT2D eigenvalue weighted by atomic mass is 10.1. The van der Waals surface area contributed by atoms with Gasteiger partial charge in [-0.15, -0.1) is 11.3 Å². The molecule has 0 bridgehead atoms. The summed E-state index contributed by atoms with van der Waals surface area (Å²) < 4.78 is 5.18. The van der Waals surface area contributed by atoms with E-state index in [9.17, 15) is 0 Å². The van der Waals surface area contributed by atoms with Crippen LogP contribution in [0.5, 0.6) is 5.75 Å². The molecule has 4 nitrogen and oxygen atoms in total. The molecule has 0 saturated heterocycles. The third kappa shape index (κ3) is 2.20. The zero-order valence-electron chi connectivity index (χ0n) is 9.18. The van der Waals surface area contributed by atoms with E-state index in [1.54, 1.807) is 18.4 Å². The smallest absolute Gasteiger partial charge is 0.129 e. The molecule has 2 aromatic rings. The van der Waals surface area contributed by atoms with Crippen LogP contribution in [0.15, 0.2) is 30.2 Å². The average Bonchev–Trinajstić information content (AvgIpc) is 2.80. The molecule has 0 radical (unpaired) electrons. The Morgan fingerprint density at radius 2 is 2.12 bits per heavy atom. The Bertz CT molecular complexity index is 444. The zero-order valence-corrected chi connectivity index (χ0v) is 9.99. The number of aromatic nitrogens is 2. The molecule has 2 rings (SSSR count). The summed E-state index contributed by atoms with van der Waals surface area (Å²) >= 11 is 1.66. The molecular weight excluding hydrogens is 222 g/mol. The van der Waals surface area contributed by atoms with E-state index >= 15 is 0 Å². The second-order valence-corrected chi connectivity index (χ2v) is 4.23. The summed E-state index contributed by atoms with van der Waals surface area (Å²) in [7, 11) is 3.59. The molecule has 0 spiro atoms. The molecule has 2 aromatic heterocycles. The molecule has 1 atom stereocenters. The molecule has 0 amide bonds. The topological polar surface area (TPSA) is 47.0 Å². The van der Waals surface area contributed by atoms with Crippen molar-refractivity contribution in [2.24, 2.45) is 0 Å². The molecule has 0 aliphatic carbocycles. The lowest BCUT2D eigenvalue weighted by molar-refractivity contribution is 0.416. The highest BCUT2D eigenvalue weighted by atomic mass is 32.1. The van der Waals surface area contributed by atoms with Crippen molar-refractivity contribution in [3.05, 3.63) is 40.6 Å². The lowest BCUT2D eigenvalue weighted by Crippen LogP contribution is -2.16. The average molecular weight is 235 g/mol. The molecular formula is C11H13N3OS. The Morgan fingerprint density at radius 1 is 1.38 bits per heavy atom. The zero-order chi connectivity index (χ0) is 11.4. The predicted octanol–water partition coefficient (Wildman–Crippen LogP) is 1.86.